The molecule has 0 aromatic carbocycles. The number of aliphatic imine (C=N–C) groups is 1. The molecular weight excluding hydrogens is 366 g/mol. The summed E-state index contributed by atoms with van der Waals surface area (Å²) in [5, 5.41) is 9.83. The first-order chi connectivity index (χ1) is 14.2. The number of hydrogen-bond acceptors (Lipinski definition) is 4. The molecule has 2 aliphatic rings. The van der Waals surface area contributed by atoms with Gasteiger partial charge < -0.3 is 25.3 Å². The van der Waals surface area contributed by atoms with Crippen LogP contribution in [0.25, 0.3) is 0 Å². The molecule has 3 rings (SSSR count). The lowest BCUT2D eigenvalue weighted by atomic mass is 9.92. The zero-order valence-corrected chi connectivity index (χ0v) is 18.0. The number of furan rings is 1. The van der Waals surface area contributed by atoms with E-state index in [1.807, 2.05) is 14.0 Å². The smallest absolute Gasteiger partial charge is 0.287 e. The minimum atomic E-state index is -0.153. The molecule has 2 fully saturated rings. The summed E-state index contributed by atoms with van der Waals surface area (Å²) < 4.78 is 5.21. The molecule has 1 saturated carbocycles. The van der Waals surface area contributed by atoms with Gasteiger partial charge in [0.15, 0.2) is 11.7 Å². The molecular formula is C22H37N5O2. The Labute approximate surface area is 174 Å². The van der Waals surface area contributed by atoms with Crippen molar-refractivity contribution in [2.75, 3.05) is 33.2 Å². The minimum Gasteiger partial charge on any atom is -0.459 e. The van der Waals surface area contributed by atoms with Crippen LogP contribution in [0.4, 0.5) is 0 Å². The van der Waals surface area contributed by atoms with Crippen molar-refractivity contribution >= 4 is 11.9 Å². The third-order valence-electron chi connectivity index (χ3n) is 6.18. The van der Waals surface area contributed by atoms with Gasteiger partial charge in [0.05, 0.1) is 6.26 Å². The number of rotatable bonds is 7. The Morgan fingerprint density at radius 2 is 1.86 bits per heavy atom. The molecule has 1 amide bonds. The Morgan fingerprint density at radius 3 is 2.52 bits per heavy atom. The third-order valence-corrected chi connectivity index (χ3v) is 6.18. The molecule has 0 spiro atoms. The largest absolute Gasteiger partial charge is 0.459 e. The summed E-state index contributed by atoms with van der Waals surface area (Å²) >= 11 is 0. The lowest BCUT2D eigenvalue weighted by Gasteiger charge is -2.39. The second kappa shape index (κ2) is 11.2. The quantitative estimate of drug-likeness (QED) is 0.370. The number of guanidine groups is 1. The van der Waals surface area contributed by atoms with Gasteiger partial charge in [-0.3, -0.25) is 9.79 Å². The van der Waals surface area contributed by atoms with Crippen LogP contribution >= 0.6 is 0 Å². The van der Waals surface area contributed by atoms with Gasteiger partial charge >= 0.3 is 0 Å². The van der Waals surface area contributed by atoms with Crippen molar-refractivity contribution in [2.45, 2.75) is 70.4 Å². The molecule has 2 heterocycles. The molecule has 0 radical (unpaired) electrons. The van der Waals surface area contributed by atoms with E-state index >= 15 is 0 Å². The van der Waals surface area contributed by atoms with Crippen molar-refractivity contribution in [1.82, 2.24) is 20.9 Å². The summed E-state index contributed by atoms with van der Waals surface area (Å²) in [4.78, 5) is 19.1. The van der Waals surface area contributed by atoms with Crippen molar-refractivity contribution in [3.63, 3.8) is 0 Å². The molecule has 0 atom stereocenters. The topological polar surface area (TPSA) is 81.9 Å². The number of piperidine rings is 1. The molecule has 162 valence electrons. The predicted octanol–water partition coefficient (Wildman–Crippen LogP) is 2.67. The summed E-state index contributed by atoms with van der Waals surface area (Å²) in [5.41, 5.74) is 0.861. The van der Waals surface area contributed by atoms with Crippen LogP contribution in [-0.4, -0.2) is 62.1 Å². The predicted molar refractivity (Wildman–Crippen MR) is 116 cm³/mol. The molecule has 3 N–H and O–H groups in total. The van der Waals surface area contributed by atoms with Crippen molar-refractivity contribution < 1.29 is 9.21 Å². The fourth-order valence-corrected chi connectivity index (χ4v) is 4.43. The lowest BCUT2D eigenvalue weighted by Crippen LogP contribution is -2.51. The van der Waals surface area contributed by atoms with Gasteiger partial charge in [0, 0.05) is 50.9 Å². The highest BCUT2D eigenvalue weighted by molar-refractivity contribution is 5.92. The molecule has 1 aliphatic heterocycles. The molecule has 1 aromatic heterocycles. The fourth-order valence-electron chi connectivity index (χ4n) is 4.43. The lowest BCUT2D eigenvalue weighted by molar-refractivity contribution is 0.0925. The van der Waals surface area contributed by atoms with Crippen LogP contribution in [0, 0.1) is 6.92 Å². The number of likely N-dealkylation sites (tertiary alicyclic amines) is 1. The monoisotopic (exact) mass is 403 g/mol. The SMILES string of the molecule is CN=C(NCCCNC(=O)c1occc1C)NC1CCN(C2CCCCC2)CC1. The van der Waals surface area contributed by atoms with Gasteiger partial charge in [0.1, 0.15) is 0 Å². The number of amides is 1. The molecule has 0 unspecified atom stereocenters. The van der Waals surface area contributed by atoms with Crippen molar-refractivity contribution in [3.05, 3.63) is 23.7 Å². The van der Waals surface area contributed by atoms with Crippen LogP contribution in [0.5, 0.6) is 0 Å². The second-order valence-corrected chi connectivity index (χ2v) is 8.29. The Balaban J connectivity index is 1.29. The van der Waals surface area contributed by atoms with E-state index in [4.69, 9.17) is 4.42 Å². The van der Waals surface area contributed by atoms with E-state index in [9.17, 15) is 4.79 Å². The molecule has 7 heteroatoms. The van der Waals surface area contributed by atoms with Crippen molar-refractivity contribution in [1.29, 1.82) is 0 Å². The van der Waals surface area contributed by atoms with Crippen LogP contribution in [0.3, 0.4) is 0 Å². The van der Waals surface area contributed by atoms with E-state index in [2.05, 4.69) is 25.8 Å². The van der Waals surface area contributed by atoms with Crippen LogP contribution in [-0.2, 0) is 0 Å². The van der Waals surface area contributed by atoms with Crippen LogP contribution in [0.2, 0.25) is 0 Å². The zero-order chi connectivity index (χ0) is 20.5. The zero-order valence-electron chi connectivity index (χ0n) is 18.0. The first-order valence-electron chi connectivity index (χ1n) is 11.2. The first kappa shape index (κ1) is 21.7. The van der Waals surface area contributed by atoms with Gasteiger partial charge in [-0.25, -0.2) is 0 Å². The summed E-state index contributed by atoms with van der Waals surface area (Å²) in [5.74, 6) is 1.10. The number of carbonyl (C=O) groups excluding carboxylic acids is 1. The summed E-state index contributed by atoms with van der Waals surface area (Å²) in [6.07, 6.45) is 11.7. The molecule has 1 aliphatic carbocycles. The van der Waals surface area contributed by atoms with E-state index in [0.717, 1.165) is 30.5 Å². The fraction of sp³-hybridized carbons (Fsp3) is 0.727. The Kier molecular flexibility index (Phi) is 8.40. The Bertz CT molecular complexity index is 658. The summed E-state index contributed by atoms with van der Waals surface area (Å²) in [6.45, 7) is 5.62. The maximum Gasteiger partial charge on any atom is 0.287 e. The summed E-state index contributed by atoms with van der Waals surface area (Å²) in [7, 11) is 1.81. The van der Waals surface area contributed by atoms with E-state index in [1.165, 1.54) is 58.0 Å². The van der Waals surface area contributed by atoms with Gasteiger partial charge in [-0.1, -0.05) is 19.3 Å². The maximum absolute atomic E-state index is 12.0. The average molecular weight is 404 g/mol. The highest BCUT2D eigenvalue weighted by Crippen LogP contribution is 2.25. The average Bonchev–Trinajstić information content (AvgIpc) is 3.19. The normalized spacial score (nSPS) is 19.9. The van der Waals surface area contributed by atoms with Crippen molar-refractivity contribution in [3.8, 4) is 0 Å². The Morgan fingerprint density at radius 1 is 1.14 bits per heavy atom. The Hall–Kier alpha value is -2.02. The molecule has 1 aromatic rings. The van der Waals surface area contributed by atoms with Gasteiger partial charge in [0.2, 0.25) is 0 Å². The number of nitrogens with zero attached hydrogens (tertiary/aromatic N) is 2. The summed E-state index contributed by atoms with van der Waals surface area (Å²) in [6, 6.07) is 3.11. The van der Waals surface area contributed by atoms with Crippen molar-refractivity contribution in [2.24, 2.45) is 4.99 Å². The maximum atomic E-state index is 12.0. The number of nitrogens with one attached hydrogen (secondary N) is 3. The number of aryl methyl sites for hydroxylation is 1. The van der Waals surface area contributed by atoms with E-state index in [0.29, 0.717) is 18.3 Å². The van der Waals surface area contributed by atoms with E-state index in [-0.39, 0.29) is 5.91 Å². The van der Waals surface area contributed by atoms with Gasteiger partial charge in [0.25, 0.3) is 5.91 Å². The van der Waals surface area contributed by atoms with Gasteiger partial charge in [-0.05, 0) is 45.1 Å². The van der Waals surface area contributed by atoms with E-state index in [1.54, 1.807) is 12.3 Å². The highest BCUT2D eigenvalue weighted by atomic mass is 16.3. The third kappa shape index (κ3) is 6.49. The van der Waals surface area contributed by atoms with Crippen LogP contribution in [0.15, 0.2) is 21.7 Å². The molecule has 1 saturated heterocycles. The van der Waals surface area contributed by atoms with E-state index < -0.39 is 0 Å². The molecule has 29 heavy (non-hydrogen) atoms. The molecule has 0 bridgehead atoms. The second-order valence-electron chi connectivity index (χ2n) is 8.29. The first-order valence-corrected chi connectivity index (χ1v) is 11.2. The minimum absolute atomic E-state index is 0.153. The van der Waals surface area contributed by atoms with Crippen LogP contribution < -0.4 is 16.0 Å². The highest BCUT2D eigenvalue weighted by Gasteiger charge is 2.26. The molecule has 7 nitrogen and oxygen atoms in total. The van der Waals surface area contributed by atoms with Crippen LogP contribution in [0.1, 0.15) is 67.5 Å². The standard InChI is InChI=1S/C22H37N5O2/c1-17-11-16-29-20(17)21(28)24-12-6-13-25-22(23-2)26-18-9-14-27(15-10-18)19-7-4-3-5-8-19/h11,16,18-19H,3-10,12-15H2,1-2H3,(H,24,28)(H2,23,25,26). The van der Waals surface area contributed by atoms with Gasteiger partial charge in [-0.15, -0.1) is 0 Å². The number of carbonyl (C=O) groups is 1. The van der Waals surface area contributed by atoms with Gasteiger partial charge in [-0.2, -0.15) is 0 Å². The number of hydrogen-bond donors (Lipinski definition) is 3.